The number of nitrogens with zero attached hydrogens (tertiary/aromatic N) is 2. The highest BCUT2D eigenvalue weighted by molar-refractivity contribution is 5.66. The van der Waals surface area contributed by atoms with Crippen LogP contribution in [-0.2, 0) is 17.6 Å². The smallest absolute Gasteiger partial charge is 0.303 e. The molecule has 0 amide bonds. The number of unbranched alkanes of at least 4 members (excludes halogenated alkanes) is 6. The number of carboxylic acids is 1. The molecule has 1 aromatic rings. The van der Waals surface area contributed by atoms with Crippen LogP contribution in [0.5, 0.6) is 0 Å². The number of carboxylic acid groups (broad SMARTS) is 1. The van der Waals surface area contributed by atoms with Gasteiger partial charge in [0.15, 0.2) is 0 Å². The zero-order valence-corrected chi connectivity index (χ0v) is 13.3. The average Bonchev–Trinajstić information content (AvgIpc) is 2.84. The molecular weight excluding hydrogens is 268 g/mol. The fourth-order valence-corrected chi connectivity index (χ4v) is 2.37. The second kappa shape index (κ2) is 10.4. The van der Waals surface area contributed by atoms with Gasteiger partial charge in [-0.3, -0.25) is 4.79 Å². The van der Waals surface area contributed by atoms with E-state index in [1.54, 1.807) is 0 Å². The Labute approximate surface area is 127 Å². The molecule has 1 N–H and O–H groups in total. The summed E-state index contributed by atoms with van der Waals surface area (Å²) < 4.78 is 5.57. The molecule has 1 aromatic heterocycles. The predicted molar refractivity (Wildman–Crippen MR) is 81.1 cm³/mol. The predicted octanol–water partition coefficient (Wildman–Crippen LogP) is 4.02. The van der Waals surface area contributed by atoms with Gasteiger partial charge in [-0.15, -0.1) is 10.2 Å². The summed E-state index contributed by atoms with van der Waals surface area (Å²) in [5.74, 6) is 0.474. The molecule has 0 radical (unpaired) electrons. The van der Waals surface area contributed by atoms with Gasteiger partial charge in [0.25, 0.3) is 0 Å². The second-order valence-electron chi connectivity index (χ2n) is 5.87. The van der Waals surface area contributed by atoms with Crippen LogP contribution in [0.25, 0.3) is 0 Å². The number of rotatable bonds is 12. The fraction of sp³-hybridized carbons (Fsp3) is 0.812. The molecule has 1 heterocycles. The van der Waals surface area contributed by atoms with E-state index in [1.165, 1.54) is 38.5 Å². The van der Waals surface area contributed by atoms with E-state index in [-0.39, 0.29) is 12.3 Å². The van der Waals surface area contributed by atoms with Crippen LogP contribution in [0.2, 0.25) is 0 Å². The van der Waals surface area contributed by atoms with Crippen LogP contribution in [0, 0.1) is 5.92 Å². The van der Waals surface area contributed by atoms with Crippen molar-refractivity contribution in [3.05, 3.63) is 11.8 Å². The third-order valence-corrected chi connectivity index (χ3v) is 3.55. The highest BCUT2D eigenvalue weighted by Gasteiger charge is 2.13. The lowest BCUT2D eigenvalue weighted by atomic mass is 10.0. The van der Waals surface area contributed by atoms with E-state index in [0.29, 0.717) is 18.2 Å². The summed E-state index contributed by atoms with van der Waals surface area (Å²) in [4.78, 5) is 10.6. The molecule has 0 aliphatic rings. The standard InChI is InChI=1S/C16H28N2O3/c1-3-4-5-6-7-8-9-10-14-17-18-15(21-14)11-13(2)12-16(19)20/h13H,3-12H2,1-2H3,(H,19,20). The van der Waals surface area contributed by atoms with Crippen LogP contribution in [0.1, 0.15) is 77.0 Å². The summed E-state index contributed by atoms with van der Waals surface area (Å²) in [6.45, 7) is 4.11. The maximum atomic E-state index is 10.6. The van der Waals surface area contributed by atoms with Crippen LogP contribution < -0.4 is 0 Å². The van der Waals surface area contributed by atoms with Gasteiger partial charge in [0.2, 0.25) is 11.8 Å². The SMILES string of the molecule is CCCCCCCCCc1nnc(CC(C)CC(=O)O)o1. The minimum Gasteiger partial charge on any atom is -0.481 e. The van der Waals surface area contributed by atoms with E-state index in [4.69, 9.17) is 9.52 Å². The number of aryl methyl sites for hydroxylation is 1. The van der Waals surface area contributed by atoms with Crippen LogP contribution in [0.4, 0.5) is 0 Å². The van der Waals surface area contributed by atoms with E-state index in [9.17, 15) is 4.79 Å². The Balaban J connectivity index is 2.15. The molecule has 0 aromatic carbocycles. The summed E-state index contributed by atoms with van der Waals surface area (Å²) in [5.41, 5.74) is 0. The second-order valence-corrected chi connectivity index (χ2v) is 5.87. The first kappa shape index (κ1) is 17.7. The monoisotopic (exact) mass is 296 g/mol. The van der Waals surface area contributed by atoms with Gasteiger partial charge >= 0.3 is 5.97 Å². The third-order valence-electron chi connectivity index (χ3n) is 3.55. The fourth-order valence-electron chi connectivity index (χ4n) is 2.37. The van der Waals surface area contributed by atoms with Crippen molar-refractivity contribution in [2.75, 3.05) is 0 Å². The number of carbonyl (C=O) groups is 1. The molecule has 1 atom stereocenters. The summed E-state index contributed by atoms with van der Waals surface area (Å²) in [6, 6.07) is 0. The normalized spacial score (nSPS) is 12.5. The molecule has 0 spiro atoms. The van der Waals surface area contributed by atoms with Crippen molar-refractivity contribution >= 4 is 5.97 Å². The Bertz CT molecular complexity index is 404. The highest BCUT2D eigenvalue weighted by atomic mass is 16.4. The van der Waals surface area contributed by atoms with E-state index in [1.807, 2.05) is 6.92 Å². The van der Waals surface area contributed by atoms with Gasteiger partial charge in [-0.05, 0) is 12.3 Å². The van der Waals surface area contributed by atoms with E-state index >= 15 is 0 Å². The molecule has 1 unspecified atom stereocenters. The molecule has 5 heteroatoms. The summed E-state index contributed by atoms with van der Waals surface area (Å²) >= 11 is 0. The summed E-state index contributed by atoms with van der Waals surface area (Å²) in [6.07, 6.45) is 10.3. The molecule has 0 saturated heterocycles. The van der Waals surface area contributed by atoms with Gasteiger partial charge < -0.3 is 9.52 Å². The van der Waals surface area contributed by atoms with Gasteiger partial charge in [0, 0.05) is 19.3 Å². The Kier molecular flexibility index (Phi) is 8.71. The van der Waals surface area contributed by atoms with Crippen molar-refractivity contribution in [3.8, 4) is 0 Å². The maximum Gasteiger partial charge on any atom is 0.303 e. The minimum absolute atomic E-state index is 0.0226. The largest absolute Gasteiger partial charge is 0.481 e. The van der Waals surface area contributed by atoms with Gasteiger partial charge in [-0.2, -0.15) is 0 Å². The Morgan fingerprint density at radius 2 is 1.71 bits per heavy atom. The number of aromatic nitrogens is 2. The quantitative estimate of drug-likeness (QED) is 0.590. The van der Waals surface area contributed by atoms with Gasteiger partial charge in [-0.25, -0.2) is 0 Å². The van der Waals surface area contributed by atoms with Crippen molar-refractivity contribution in [2.24, 2.45) is 5.92 Å². The maximum absolute atomic E-state index is 10.6. The lowest BCUT2D eigenvalue weighted by Gasteiger charge is -2.03. The highest BCUT2D eigenvalue weighted by Crippen LogP contribution is 2.13. The van der Waals surface area contributed by atoms with Gasteiger partial charge in [0.1, 0.15) is 0 Å². The molecule has 0 aliphatic heterocycles. The van der Waals surface area contributed by atoms with Crippen LogP contribution in [0.15, 0.2) is 4.42 Å². The van der Waals surface area contributed by atoms with Crippen molar-refractivity contribution in [3.63, 3.8) is 0 Å². The number of hydrogen-bond acceptors (Lipinski definition) is 4. The van der Waals surface area contributed by atoms with Crippen LogP contribution >= 0.6 is 0 Å². The first-order valence-corrected chi connectivity index (χ1v) is 8.14. The summed E-state index contributed by atoms with van der Waals surface area (Å²) in [7, 11) is 0. The number of aliphatic carboxylic acids is 1. The average molecular weight is 296 g/mol. The van der Waals surface area contributed by atoms with Crippen LogP contribution in [-0.4, -0.2) is 21.3 Å². The van der Waals surface area contributed by atoms with Crippen molar-refractivity contribution in [1.29, 1.82) is 0 Å². The third kappa shape index (κ3) is 8.48. The molecule has 0 fully saturated rings. The number of hydrogen-bond donors (Lipinski definition) is 1. The molecule has 0 aliphatic carbocycles. The van der Waals surface area contributed by atoms with Crippen LogP contribution in [0.3, 0.4) is 0 Å². The molecule has 0 bridgehead atoms. The molecule has 120 valence electrons. The van der Waals surface area contributed by atoms with Crippen molar-refractivity contribution < 1.29 is 14.3 Å². The summed E-state index contributed by atoms with van der Waals surface area (Å²) in [5, 5.41) is 16.7. The topological polar surface area (TPSA) is 76.2 Å². The molecular formula is C16H28N2O3. The lowest BCUT2D eigenvalue weighted by molar-refractivity contribution is -0.137. The Hall–Kier alpha value is -1.39. The first-order chi connectivity index (χ1) is 10.1. The van der Waals surface area contributed by atoms with Gasteiger partial charge in [0.05, 0.1) is 0 Å². The first-order valence-electron chi connectivity index (χ1n) is 8.14. The Morgan fingerprint density at radius 1 is 1.10 bits per heavy atom. The van der Waals surface area contributed by atoms with Crippen molar-refractivity contribution in [1.82, 2.24) is 10.2 Å². The van der Waals surface area contributed by atoms with Crippen molar-refractivity contribution in [2.45, 2.75) is 78.1 Å². The zero-order chi connectivity index (χ0) is 15.5. The molecule has 1 rings (SSSR count). The minimum atomic E-state index is -0.787. The molecule has 5 nitrogen and oxygen atoms in total. The van der Waals surface area contributed by atoms with Gasteiger partial charge in [-0.1, -0.05) is 52.4 Å². The van der Waals surface area contributed by atoms with E-state index in [2.05, 4.69) is 17.1 Å². The lowest BCUT2D eigenvalue weighted by Crippen LogP contribution is -2.07. The van der Waals surface area contributed by atoms with E-state index in [0.717, 1.165) is 12.8 Å². The van der Waals surface area contributed by atoms with E-state index < -0.39 is 5.97 Å². The molecule has 21 heavy (non-hydrogen) atoms. The Morgan fingerprint density at radius 3 is 2.38 bits per heavy atom. The zero-order valence-electron chi connectivity index (χ0n) is 13.3. The molecule has 0 saturated carbocycles.